The van der Waals surface area contributed by atoms with Crippen LogP contribution in [-0.2, 0) is 21.1 Å². The van der Waals surface area contributed by atoms with Gasteiger partial charge < -0.3 is 36.3 Å². The number of hydrogen-bond acceptors (Lipinski definition) is 2. The molecule has 2 aliphatic carbocycles. The molecule has 0 aromatic heterocycles. The van der Waals surface area contributed by atoms with Gasteiger partial charge in [0.05, 0.1) is 0 Å². The molecule has 14 heavy (non-hydrogen) atoms. The van der Waals surface area contributed by atoms with Gasteiger partial charge >= 0.3 is 21.1 Å². The van der Waals surface area contributed by atoms with Gasteiger partial charge in [0, 0.05) is 0 Å². The summed E-state index contributed by atoms with van der Waals surface area (Å²) in [4.78, 5) is 0. The van der Waals surface area contributed by atoms with Crippen molar-refractivity contribution in [1.82, 2.24) is 0 Å². The molecule has 0 aromatic rings. The van der Waals surface area contributed by atoms with Crippen molar-refractivity contribution >= 4 is 0 Å². The minimum Gasteiger partial charge on any atom is -1.00 e. The second kappa shape index (κ2) is 7.46. The van der Waals surface area contributed by atoms with Crippen LogP contribution >= 0.6 is 0 Å². The summed E-state index contributed by atoms with van der Waals surface area (Å²) >= 11 is 0. The number of nitrogens with two attached hydrogens (primary N) is 2. The molecule has 2 bridgehead atoms. The first-order chi connectivity index (χ1) is 5.36. The largest absolute Gasteiger partial charge is 2.00 e. The normalized spacial score (nSPS) is 38.1. The average Bonchev–Trinajstić information content (AvgIpc) is 2.60. The van der Waals surface area contributed by atoms with E-state index < -0.39 is 0 Å². The summed E-state index contributed by atoms with van der Waals surface area (Å²) < 4.78 is 0. The van der Waals surface area contributed by atoms with Gasteiger partial charge in [-0.15, -0.1) is 0 Å². The van der Waals surface area contributed by atoms with E-state index in [0.29, 0.717) is 0 Å². The fraction of sp³-hybridized carbons (Fsp3) is 1.00. The van der Waals surface area contributed by atoms with E-state index in [0.717, 1.165) is 36.8 Å². The molecule has 2 nitrogen and oxygen atoms in total. The van der Waals surface area contributed by atoms with Gasteiger partial charge in [0.2, 0.25) is 0 Å². The zero-order valence-corrected chi connectivity index (χ0v) is 11.9. The molecule has 0 aliphatic heterocycles. The third-order valence-corrected chi connectivity index (χ3v) is 3.82. The van der Waals surface area contributed by atoms with Crippen molar-refractivity contribution in [2.24, 2.45) is 35.1 Å². The Labute approximate surface area is 113 Å². The van der Waals surface area contributed by atoms with Gasteiger partial charge in [0.25, 0.3) is 0 Å². The van der Waals surface area contributed by atoms with E-state index in [1.807, 2.05) is 0 Å². The van der Waals surface area contributed by atoms with Crippen LogP contribution in [0.4, 0.5) is 0 Å². The van der Waals surface area contributed by atoms with Crippen molar-refractivity contribution < 1.29 is 45.9 Å². The smallest absolute Gasteiger partial charge is 1.00 e. The fourth-order valence-electron chi connectivity index (χ4n) is 3.26. The molecule has 4 atom stereocenters. The van der Waals surface area contributed by atoms with Gasteiger partial charge in [-0.3, -0.25) is 0 Å². The van der Waals surface area contributed by atoms with Gasteiger partial charge in [0.15, 0.2) is 0 Å². The maximum absolute atomic E-state index is 5.73. The summed E-state index contributed by atoms with van der Waals surface area (Å²) in [6, 6.07) is 0. The summed E-state index contributed by atoms with van der Waals surface area (Å²) in [7, 11) is 0. The van der Waals surface area contributed by atoms with Crippen molar-refractivity contribution in [2.45, 2.75) is 19.3 Å². The summed E-state index contributed by atoms with van der Waals surface area (Å²) in [6.45, 7) is 1.73. The van der Waals surface area contributed by atoms with Crippen LogP contribution in [-0.4, -0.2) is 13.1 Å². The van der Waals surface area contributed by atoms with Crippen LogP contribution in [0, 0.1) is 23.7 Å². The molecule has 0 spiro atoms. The number of halogens is 2. The second-order valence-electron chi connectivity index (χ2n) is 4.13. The maximum Gasteiger partial charge on any atom is 2.00 e. The van der Waals surface area contributed by atoms with E-state index in [1.165, 1.54) is 19.3 Å². The third kappa shape index (κ3) is 2.86. The van der Waals surface area contributed by atoms with Crippen molar-refractivity contribution in [2.75, 3.05) is 13.1 Å². The molecule has 0 saturated heterocycles. The summed E-state index contributed by atoms with van der Waals surface area (Å²) in [5.41, 5.74) is 11.5. The Hall–Kier alpha value is 1.19. The van der Waals surface area contributed by atoms with Gasteiger partial charge in [-0.2, -0.15) is 0 Å². The maximum atomic E-state index is 5.73. The molecule has 4 N–H and O–H groups in total. The second-order valence-corrected chi connectivity index (χ2v) is 4.13. The molecule has 2 fully saturated rings. The van der Waals surface area contributed by atoms with E-state index in [2.05, 4.69) is 0 Å². The molecule has 2 saturated carbocycles. The molecule has 0 amide bonds. The van der Waals surface area contributed by atoms with E-state index in [-0.39, 0.29) is 45.9 Å². The molecule has 88 valence electrons. The Morgan fingerprint density at radius 1 is 0.857 bits per heavy atom. The minimum absolute atomic E-state index is 0. The van der Waals surface area contributed by atoms with Crippen molar-refractivity contribution in [1.29, 1.82) is 0 Å². The first-order valence-corrected chi connectivity index (χ1v) is 4.77. The van der Waals surface area contributed by atoms with E-state index >= 15 is 0 Å². The van der Waals surface area contributed by atoms with E-state index in [4.69, 9.17) is 11.5 Å². The Bertz CT molecular complexity index is 144. The minimum atomic E-state index is 0. The summed E-state index contributed by atoms with van der Waals surface area (Å²) in [5.74, 6) is 3.38. The summed E-state index contributed by atoms with van der Waals surface area (Å²) in [6.07, 6.45) is 4.26. The van der Waals surface area contributed by atoms with Crippen molar-refractivity contribution in [3.8, 4) is 0 Å². The zero-order valence-electron chi connectivity index (χ0n) is 8.07. The number of rotatable bonds is 2. The van der Waals surface area contributed by atoms with Crippen molar-refractivity contribution in [3.63, 3.8) is 0 Å². The first kappa shape index (κ1) is 17.6. The molecule has 0 radical (unpaired) electrons. The number of hydrogen-bond donors (Lipinski definition) is 2. The molecule has 5 heteroatoms. The molecule has 4 unspecified atom stereocenters. The quantitative estimate of drug-likeness (QED) is 0.469. The molecule has 0 heterocycles. The fourth-order valence-corrected chi connectivity index (χ4v) is 3.26. The Kier molecular flexibility index (Phi) is 9.37. The molecular formula is C9H18Cl2N2Pt. The van der Waals surface area contributed by atoms with Gasteiger partial charge in [-0.05, 0) is 56.0 Å². The van der Waals surface area contributed by atoms with Crippen LogP contribution in [0.3, 0.4) is 0 Å². The topological polar surface area (TPSA) is 52.0 Å². The monoisotopic (exact) mass is 419 g/mol. The Morgan fingerprint density at radius 2 is 1.21 bits per heavy atom. The summed E-state index contributed by atoms with van der Waals surface area (Å²) in [5, 5.41) is 0. The van der Waals surface area contributed by atoms with Gasteiger partial charge in [0.1, 0.15) is 0 Å². The molecule has 0 aromatic carbocycles. The van der Waals surface area contributed by atoms with Crippen LogP contribution in [0.1, 0.15) is 19.3 Å². The third-order valence-electron chi connectivity index (χ3n) is 3.82. The Balaban J connectivity index is 0. The van der Waals surface area contributed by atoms with Crippen LogP contribution in [0.5, 0.6) is 0 Å². The predicted octanol–water partition coefficient (Wildman–Crippen LogP) is -5.43. The Morgan fingerprint density at radius 3 is 1.50 bits per heavy atom. The van der Waals surface area contributed by atoms with E-state index in [9.17, 15) is 0 Å². The number of fused-ring (bicyclic) bond motifs is 2. The standard InChI is InChI=1S/C9H18N2.2ClH.Pt/c10-4-8-6-1-2-7(3-6)9(8)5-11;;;/h6-9H,1-5,10-11H2;2*1H;/q;;;+2/p-2. The van der Waals surface area contributed by atoms with Crippen LogP contribution in [0.15, 0.2) is 0 Å². The van der Waals surface area contributed by atoms with Gasteiger partial charge in [-0.25, -0.2) is 0 Å². The zero-order chi connectivity index (χ0) is 7.84. The van der Waals surface area contributed by atoms with E-state index in [1.54, 1.807) is 0 Å². The predicted molar refractivity (Wildman–Crippen MR) is 45.9 cm³/mol. The van der Waals surface area contributed by atoms with Gasteiger partial charge in [-0.1, -0.05) is 0 Å². The average molecular weight is 420 g/mol. The SMILES string of the molecule is NCC1C2CCC(C2)C1CN.[Cl-].[Cl-].[Pt+2]. The van der Waals surface area contributed by atoms with Crippen LogP contribution < -0.4 is 36.3 Å². The molecule has 2 rings (SSSR count). The van der Waals surface area contributed by atoms with Crippen LogP contribution in [0.2, 0.25) is 0 Å². The van der Waals surface area contributed by atoms with Crippen LogP contribution in [0.25, 0.3) is 0 Å². The molecular weight excluding hydrogens is 402 g/mol. The molecule has 2 aliphatic rings. The first-order valence-electron chi connectivity index (χ1n) is 4.77. The van der Waals surface area contributed by atoms with Crippen molar-refractivity contribution in [3.05, 3.63) is 0 Å².